The SMILES string of the molecule is C[C@H](O)C1CC(Cn2cnc3c(=O)[nH]cnc32)C1(C)C. The fourth-order valence-electron chi connectivity index (χ4n) is 3.45. The lowest BCUT2D eigenvalue weighted by molar-refractivity contribution is -0.0934. The summed E-state index contributed by atoms with van der Waals surface area (Å²) in [5.74, 6) is 0.791. The molecule has 2 unspecified atom stereocenters. The lowest BCUT2D eigenvalue weighted by Gasteiger charge is -2.53. The molecular formula is C14H20N4O2. The highest BCUT2D eigenvalue weighted by Gasteiger charge is 2.49. The Morgan fingerprint density at radius 2 is 2.30 bits per heavy atom. The van der Waals surface area contributed by atoms with Gasteiger partial charge >= 0.3 is 0 Å². The van der Waals surface area contributed by atoms with Crippen molar-refractivity contribution in [3.63, 3.8) is 0 Å². The molecular weight excluding hydrogens is 256 g/mol. The number of hydrogen-bond acceptors (Lipinski definition) is 4. The van der Waals surface area contributed by atoms with Crippen LogP contribution in [0.3, 0.4) is 0 Å². The third kappa shape index (κ3) is 1.86. The zero-order chi connectivity index (χ0) is 14.5. The zero-order valence-corrected chi connectivity index (χ0v) is 12.0. The van der Waals surface area contributed by atoms with Crippen molar-refractivity contribution in [3.8, 4) is 0 Å². The minimum Gasteiger partial charge on any atom is -0.393 e. The van der Waals surface area contributed by atoms with E-state index in [1.807, 2.05) is 11.5 Å². The second-order valence-corrected chi connectivity index (χ2v) is 6.40. The second-order valence-electron chi connectivity index (χ2n) is 6.40. The van der Waals surface area contributed by atoms with Crippen molar-refractivity contribution >= 4 is 11.2 Å². The van der Waals surface area contributed by atoms with Crippen LogP contribution < -0.4 is 5.56 Å². The van der Waals surface area contributed by atoms with Crippen molar-refractivity contribution in [3.05, 3.63) is 23.0 Å². The molecule has 0 radical (unpaired) electrons. The molecule has 0 spiro atoms. The van der Waals surface area contributed by atoms with E-state index in [0.717, 1.165) is 13.0 Å². The number of aromatic nitrogens is 4. The molecule has 0 aromatic carbocycles. The molecule has 6 nitrogen and oxygen atoms in total. The van der Waals surface area contributed by atoms with Gasteiger partial charge in [-0.05, 0) is 30.6 Å². The molecule has 3 rings (SSSR count). The summed E-state index contributed by atoms with van der Waals surface area (Å²) in [5.41, 5.74) is 0.900. The number of nitrogens with one attached hydrogen (secondary N) is 1. The van der Waals surface area contributed by atoms with E-state index < -0.39 is 0 Å². The summed E-state index contributed by atoms with van der Waals surface area (Å²) in [6.07, 6.45) is 3.81. The van der Waals surface area contributed by atoms with Crippen LogP contribution in [0.5, 0.6) is 0 Å². The maximum Gasteiger partial charge on any atom is 0.278 e. The Morgan fingerprint density at radius 3 is 2.95 bits per heavy atom. The number of hydrogen-bond donors (Lipinski definition) is 2. The molecule has 2 N–H and O–H groups in total. The predicted octanol–water partition coefficient (Wildman–Crippen LogP) is 1.16. The Balaban J connectivity index is 1.85. The Labute approximate surface area is 116 Å². The van der Waals surface area contributed by atoms with E-state index in [4.69, 9.17) is 0 Å². The number of imidazole rings is 1. The van der Waals surface area contributed by atoms with Gasteiger partial charge in [0.1, 0.15) is 0 Å². The van der Waals surface area contributed by atoms with Gasteiger partial charge in [0.25, 0.3) is 5.56 Å². The van der Waals surface area contributed by atoms with Crippen LogP contribution in [0.4, 0.5) is 0 Å². The normalized spacial score (nSPS) is 26.4. The summed E-state index contributed by atoms with van der Waals surface area (Å²) in [6, 6.07) is 0. The molecule has 2 heterocycles. The van der Waals surface area contributed by atoms with Gasteiger partial charge in [-0.15, -0.1) is 0 Å². The highest BCUT2D eigenvalue weighted by Crippen LogP contribution is 2.53. The van der Waals surface area contributed by atoms with E-state index >= 15 is 0 Å². The smallest absolute Gasteiger partial charge is 0.278 e. The van der Waals surface area contributed by atoms with Crippen LogP contribution in [0.25, 0.3) is 11.2 Å². The van der Waals surface area contributed by atoms with Gasteiger partial charge in [-0.2, -0.15) is 0 Å². The number of aromatic amines is 1. The number of nitrogens with zero attached hydrogens (tertiary/aromatic N) is 3. The summed E-state index contributed by atoms with van der Waals surface area (Å²) < 4.78 is 1.94. The predicted molar refractivity (Wildman–Crippen MR) is 75.2 cm³/mol. The molecule has 0 aliphatic heterocycles. The van der Waals surface area contributed by atoms with Crippen LogP contribution in [-0.2, 0) is 6.54 Å². The number of H-pyrrole nitrogens is 1. The highest BCUT2D eigenvalue weighted by molar-refractivity contribution is 5.68. The second kappa shape index (κ2) is 4.41. The minimum absolute atomic E-state index is 0.0892. The molecule has 1 aliphatic carbocycles. The molecule has 108 valence electrons. The number of aliphatic hydroxyl groups is 1. The monoisotopic (exact) mass is 276 g/mol. The fraction of sp³-hybridized carbons (Fsp3) is 0.643. The first kappa shape index (κ1) is 13.3. The van der Waals surface area contributed by atoms with E-state index in [2.05, 4.69) is 28.8 Å². The summed E-state index contributed by atoms with van der Waals surface area (Å²) in [6.45, 7) is 7.02. The van der Waals surface area contributed by atoms with E-state index in [-0.39, 0.29) is 17.1 Å². The third-order valence-corrected chi connectivity index (χ3v) is 4.95. The molecule has 0 amide bonds. The lowest BCUT2D eigenvalue weighted by atomic mass is 9.53. The maximum atomic E-state index is 11.6. The van der Waals surface area contributed by atoms with Crippen LogP contribution in [0.15, 0.2) is 17.4 Å². The zero-order valence-electron chi connectivity index (χ0n) is 12.0. The Kier molecular flexibility index (Phi) is 2.93. The van der Waals surface area contributed by atoms with Gasteiger partial charge in [-0.25, -0.2) is 9.97 Å². The largest absolute Gasteiger partial charge is 0.393 e. The van der Waals surface area contributed by atoms with E-state index in [1.165, 1.54) is 6.33 Å². The maximum absolute atomic E-state index is 11.6. The summed E-state index contributed by atoms with van der Waals surface area (Å²) in [4.78, 5) is 22.5. The van der Waals surface area contributed by atoms with Gasteiger partial charge in [-0.3, -0.25) is 4.79 Å². The van der Waals surface area contributed by atoms with Crippen LogP contribution in [-0.4, -0.2) is 30.7 Å². The minimum atomic E-state index is -0.276. The van der Waals surface area contributed by atoms with Crippen molar-refractivity contribution in [2.45, 2.75) is 39.8 Å². The summed E-state index contributed by atoms with van der Waals surface area (Å²) >= 11 is 0. The third-order valence-electron chi connectivity index (χ3n) is 4.95. The lowest BCUT2D eigenvalue weighted by Crippen LogP contribution is -2.51. The van der Waals surface area contributed by atoms with Gasteiger partial charge in [0.05, 0.1) is 18.8 Å². The van der Waals surface area contributed by atoms with E-state index in [0.29, 0.717) is 23.0 Å². The number of rotatable bonds is 3. The Hall–Kier alpha value is -1.69. The van der Waals surface area contributed by atoms with Crippen molar-refractivity contribution in [1.82, 2.24) is 19.5 Å². The van der Waals surface area contributed by atoms with Crippen LogP contribution in [0, 0.1) is 17.3 Å². The number of fused-ring (bicyclic) bond motifs is 1. The Bertz CT molecular complexity index is 686. The molecule has 6 heteroatoms. The quantitative estimate of drug-likeness (QED) is 0.881. The first-order valence-corrected chi connectivity index (χ1v) is 6.98. The van der Waals surface area contributed by atoms with Gasteiger partial charge in [0, 0.05) is 6.54 Å². The van der Waals surface area contributed by atoms with Crippen molar-refractivity contribution < 1.29 is 5.11 Å². The molecule has 1 fully saturated rings. The van der Waals surface area contributed by atoms with Crippen LogP contribution in [0.1, 0.15) is 27.2 Å². The molecule has 1 aliphatic rings. The van der Waals surface area contributed by atoms with E-state index in [9.17, 15) is 9.90 Å². The van der Waals surface area contributed by atoms with Gasteiger partial charge in [-0.1, -0.05) is 13.8 Å². The fourth-order valence-corrected chi connectivity index (χ4v) is 3.45. The summed E-state index contributed by atoms with van der Waals surface area (Å²) in [7, 11) is 0. The molecule has 0 bridgehead atoms. The number of aliphatic hydroxyl groups excluding tert-OH is 1. The van der Waals surface area contributed by atoms with Gasteiger partial charge in [0.2, 0.25) is 0 Å². The van der Waals surface area contributed by atoms with Crippen molar-refractivity contribution in [2.24, 2.45) is 17.3 Å². The van der Waals surface area contributed by atoms with Crippen LogP contribution >= 0.6 is 0 Å². The molecule has 3 atom stereocenters. The first-order valence-electron chi connectivity index (χ1n) is 6.98. The Morgan fingerprint density at radius 1 is 1.55 bits per heavy atom. The highest BCUT2D eigenvalue weighted by atomic mass is 16.3. The molecule has 1 saturated carbocycles. The van der Waals surface area contributed by atoms with Gasteiger partial charge in [0.15, 0.2) is 11.2 Å². The average Bonchev–Trinajstić information content (AvgIpc) is 2.78. The first-order chi connectivity index (χ1) is 9.41. The van der Waals surface area contributed by atoms with E-state index in [1.54, 1.807) is 6.33 Å². The average molecular weight is 276 g/mol. The van der Waals surface area contributed by atoms with Crippen molar-refractivity contribution in [1.29, 1.82) is 0 Å². The molecule has 2 aromatic rings. The summed E-state index contributed by atoms with van der Waals surface area (Å²) in [5, 5.41) is 9.78. The topological polar surface area (TPSA) is 83.8 Å². The molecule has 2 aromatic heterocycles. The van der Waals surface area contributed by atoms with Gasteiger partial charge < -0.3 is 14.7 Å². The standard InChI is InChI=1S/C14H20N4O2/c1-8(19)10-4-9(14(10,2)3)5-18-7-17-11-12(18)15-6-16-13(11)20/h6-10,19H,4-5H2,1-3H3,(H,15,16,20)/t8-,9?,10?/m0/s1. The molecule has 20 heavy (non-hydrogen) atoms. The molecule has 0 saturated heterocycles. The van der Waals surface area contributed by atoms with Crippen molar-refractivity contribution in [2.75, 3.05) is 0 Å². The van der Waals surface area contributed by atoms with Crippen LogP contribution in [0.2, 0.25) is 0 Å².